The van der Waals surface area contributed by atoms with Crippen LogP contribution >= 0.6 is 0 Å². The molecule has 20 atom stereocenters. The maximum Gasteiger partial charge on any atom is 0.217 e. The van der Waals surface area contributed by atoms with Crippen LogP contribution in [-0.4, -0.2) is 224 Å². The van der Waals surface area contributed by atoms with Crippen LogP contribution < -0.4 is 21.3 Å². The lowest BCUT2D eigenvalue weighted by Crippen LogP contribution is -2.71. The standard InChI is InChI=1S/C32H54N4O21/c1-9(40)33-17-24(47)21(44)13(5-37)53-30(17)51-8-16-27(56-31-18(34-10(2)41)25(48)22(45)14(6-38)54-31)28(20(29(50)52-16)36-12(4)43)57-32-19(35-11(3)42)26(49)23(46)15(7-39)55-32/h13-32,37-39,44-50H,5-8H2,1-4H3,(H,33,40)(H,34,41)(H,35,42)(H,36,43)/t13-,14-,15-,16-,17-,18-,19-,20-,21-,22-,23-,24-,25-,26-,27-,28-,29-,30-,31+,32+/m1/s1. The number of carbonyl (C=O) groups excluding carboxylic acids is 4. The summed E-state index contributed by atoms with van der Waals surface area (Å²) in [5.74, 6) is -2.92. The van der Waals surface area contributed by atoms with E-state index in [9.17, 15) is 70.2 Å². The van der Waals surface area contributed by atoms with Gasteiger partial charge in [-0.3, -0.25) is 19.2 Å². The second kappa shape index (κ2) is 20.4. The van der Waals surface area contributed by atoms with Gasteiger partial charge in [0.2, 0.25) is 23.6 Å². The average Bonchev–Trinajstić information content (AvgIpc) is 3.14. The monoisotopic (exact) mass is 830 g/mol. The largest absolute Gasteiger partial charge is 0.394 e. The van der Waals surface area contributed by atoms with Crippen molar-refractivity contribution in [3.05, 3.63) is 0 Å². The second-order valence-corrected chi connectivity index (χ2v) is 14.1. The summed E-state index contributed by atoms with van der Waals surface area (Å²) in [4.78, 5) is 49.0. The molecule has 25 heteroatoms. The Morgan fingerprint density at radius 2 is 0.789 bits per heavy atom. The highest BCUT2D eigenvalue weighted by atomic mass is 16.8. The van der Waals surface area contributed by atoms with E-state index in [1.54, 1.807) is 0 Å². The van der Waals surface area contributed by atoms with E-state index < -0.39 is 173 Å². The molecule has 328 valence electrons. The Balaban J connectivity index is 1.81. The van der Waals surface area contributed by atoms with Gasteiger partial charge in [-0.25, -0.2) is 0 Å². The van der Waals surface area contributed by atoms with Crippen LogP contribution in [0.5, 0.6) is 0 Å². The summed E-state index contributed by atoms with van der Waals surface area (Å²) in [6.45, 7) is 1.01. The molecular weight excluding hydrogens is 776 g/mol. The van der Waals surface area contributed by atoms with Gasteiger partial charge in [0.1, 0.15) is 97.4 Å². The summed E-state index contributed by atoms with van der Waals surface area (Å²) in [6, 6.07) is -6.28. The third-order valence-electron chi connectivity index (χ3n) is 9.80. The minimum atomic E-state index is -2.02. The summed E-state index contributed by atoms with van der Waals surface area (Å²) in [7, 11) is 0. The molecule has 0 spiro atoms. The zero-order valence-electron chi connectivity index (χ0n) is 31.3. The summed E-state index contributed by atoms with van der Waals surface area (Å²) >= 11 is 0. The summed E-state index contributed by atoms with van der Waals surface area (Å²) in [6.07, 6.45) is -27.6. The molecule has 0 aromatic heterocycles. The number of aliphatic hydroxyl groups excluding tert-OH is 10. The molecule has 4 saturated heterocycles. The van der Waals surface area contributed by atoms with Gasteiger partial charge in [-0.1, -0.05) is 0 Å². The molecule has 25 nitrogen and oxygen atoms in total. The summed E-state index contributed by atoms with van der Waals surface area (Å²) in [5.41, 5.74) is 0. The van der Waals surface area contributed by atoms with Crippen molar-refractivity contribution in [3.8, 4) is 0 Å². The Kier molecular flexibility index (Phi) is 16.8. The number of hydrogen-bond acceptors (Lipinski definition) is 21. The number of carbonyl (C=O) groups is 4. The quantitative estimate of drug-likeness (QED) is 0.0773. The molecule has 4 amide bonds. The maximum absolute atomic E-state index is 12.5. The molecule has 0 aromatic rings. The van der Waals surface area contributed by atoms with Crippen molar-refractivity contribution in [1.29, 1.82) is 0 Å². The van der Waals surface area contributed by atoms with Crippen LogP contribution in [0.2, 0.25) is 0 Å². The Morgan fingerprint density at radius 3 is 1.16 bits per heavy atom. The lowest BCUT2D eigenvalue weighted by molar-refractivity contribution is -0.360. The molecule has 4 aliphatic heterocycles. The van der Waals surface area contributed by atoms with E-state index >= 15 is 0 Å². The van der Waals surface area contributed by atoms with Gasteiger partial charge in [-0.2, -0.15) is 0 Å². The Bertz CT molecular complexity index is 1370. The SMILES string of the molecule is CC(=O)N[C@@H]1[C@@H](O[C@@H]2O[C@H](CO)[C@@H](O)[C@H](O)[C@H]2NC(C)=O)[C@H](O[C@@H]2O[C@H](CO)[C@@H](O)[C@H](O)[C@H]2NC(C)=O)[C@@H](CO[C@@H]2O[C@H](CO)[C@@H](O)[C@H](O)[C@H]2NC(C)=O)O[C@H]1O. The molecule has 57 heavy (non-hydrogen) atoms. The van der Waals surface area contributed by atoms with Crippen molar-refractivity contribution in [2.24, 2.45) is 0 Å². The minimum absolute atomic E-state index is 0.685. The highest BCUT2D eigenvalue weighted by molar-refractivity contribution is 5.74. The molecule has 4 rings (SSSR count). The number of amides is 4. The van der Waals surface area contributed by atoms with E-state index in [4.69, 9.17) is 33.2 Å². The first kappa shape index (κ1) is 46.9. The predicted octanol–water partition coefficient (Wildman–Crippen LogP) is -9.17. The predicted molar refractivity (Wildman–Crippen MR) is 180 cm³/mol. The third kappa shape index (κ3) is 11.1. The average molecular weight is 831 g/mol. The molecule has 0 bridgehead atoms. The van der Waals surface area contributed by atoms with Gasteiger partial charge < -0.3 is 105 Å². The fraction of sp³-hybridized carbons (Fsp3) is 0.875. The number of nitrogens with one attached hydrogen (secondary N) is 4. The maximum atomic E-state index is 12.5. The van der Waals surface area contributed by atoms with Crippen molar-refractivity contribution in [2.75, 3.05) is 26.4 Å². The minimum Gasteiger partial charge on any atom is -0.394 e. The first-order valence-corrected chi connectivity index (χ1v) is 18.0. The normalized spacial score (nSPS) is 43.8. The van der Waals surface area contributed by atoms with Crippen LogP contribution in [0.3, 0.4) is 0 Å². The number of hydrogen-bond donors (Lipinski definition) is 14. The highest BCUT2D eigenvalue weighted by Gasteiger charge is 2.56. The molecular formula is C32H54N4O21. The molecule has 14 N–H and O–H groups in total. The van der Waals surface area contributed by atoms with Gasteiger partial charge in [0, 0.05) is 27.7 Å². The van der Waals surface area contributed by atoms with Crippen LogP contribution in [0, 0.1) is 0 Å². The fourth-order valence-electron chi connectivity index (χ4n) is 7.05. The van der Waals surface area contributed by atoms with Gasteiger partial charge in [0.25, 0.3) is 0 Å². The van der Waals surface area contributed by atoms with Crippen molar-refractivity contribution in [2.45, 2.75) is 150 Å². The smallest absolute Gasteiger partial charge is 0.217 e. The highest BCUT2D eigenvalue weighted by Crippen LogP contribution is 2.34. The van der Waals surface area contributed by atoms with Gasteiger partial charge >= 0.3 is 0 Å². The van der Waals surface area contributed by atoms with Crippen LogP contribution in [0.15, 0.2) is 0 Å². The van der Waals surface area contributed by atoms with Gasteiger partial charge in [-0.05, 0) is 0 Å². The molecule has 4 aliphatic rings. The third-order valence-corrected chi connectivity index (χ3v) is 9.80. The lowest BCUT2D eigenvalue weighted by atomic mass is 9.93. The molecule has 4 heterocycles. The van der Waals surface area contributed by atoms with Crippen LogP contribution in [0.25, 0.3) is 0 Å². The fourth-order valence-corrected chi connectivity index (χ4v) is 7.05. The second-order valence-electron chi connectivity index (χ2n) is 14.1. The lowest BCUT2D eigenvalue weighted by Gasteiger charge is -2.51. The zero-order chi connectivity index (χ0) is 42.5. The molecule has 0 aromatic carbocycles. The molecule has 0 radical (unpaired) electrons. The van der Waals surface area contributed by atoms with Crippen LogP contribution in [0.1, 0.15) is 27.7 Å². The molecule has 0 aliphatic carbocycles. The summed E-state index contributed by atoms with van der Waals surface area (Å²) in [5, 5.41) is 115. The Morgan fingerprint density at radius 1 is 0.456 bits per heavy atom. The van der Waals surface area contributed by atoms with E-state index in [1.807, 2.05) is 0 Å². The summed E-state index contributed by atoms with van der Waals surface area (Å²) < 4.78 is 41.4. The van der Waals surface area contributed by atoms with E-state index in [1.165, 1.54) is 0 Å². The van der Waals surface area contributed by atoms with Crippen molar-refractivity contribution in [3.63, 3.8) is 0 Å². The Labute approximate surface area is 325 Å². The van der Waals surface area contributed by atoms with Crippen LogP contribution in [0.4, 0.5) is 0 Å². The molecule has 4 fully saturated rings. The van der Waals surface area contributed by atoms with E-state index in [-0.39, 0.29) is 0 Å². The van der Waals surface area contributed by atoms with Crippen molar-refractivity contribution >= 4 is 23.6 Å². The van der Waals surface area contributed by atoms with Gasteiger partial charge in [0.15, 0.2) is 25.2 Å². The van der Waals surface area contributed by atoms with Crippen LogP contribution in [-0.2, 0) is 52.3 Å². The first-order chi connectivity index (χ1) is 26.8. The topological polar surface area (TPSA) is 383 Å². The number of ether oxygens (including phenoxy) is 7. The molecule has 0 saturated carbocycles. The van der Waals surface area contributed by atoms with E-state index in [2.05, 4.69) is 21.3 Å². The van der Waals surface area contributed by atoms with Gasteiger partial charge in [0.05, 0.1) is 26.4 Å². The van der Waals surface area contributed by atoms with E-state index in [0.717, 1.165) is 27.7 Å². The number of aliphatic hydroxyl groups is 10. The number of rotatable bonds is 14. The van der Waals surface area contributed by atoms with Crippen molar-refractivity contribution < 1.29 is 103 Å². The van der Waals surface area contributed by atoms with Crippen molar-refractivity contribution in [1.82, 2.24) is 21.3 Å². The van der Waals surface area contributed by atoms with E-state index in [0.29, 0.717) is 0 Å². The first-order valence-electron chi connectivity index (χ1n) is 18.0. The molecule has 0 unspecified atom stereocenters. The van der Waals surface area contributed by atoms with Gasteiger partial charge in [-0.15, -0.1) is 0 Å². The Hall–Kier alpha value is -2.80. The zero-order valence-corrected chi connectivity index (χ0v) is 31.3.